The Labute approximate surface area is 73.3 Å². The van der Waals surface area contributed by atoms with Gasteiger partial charge in [-0.25, -0.2) is 4.79 Å². The van der Waals surface area contributed by atoms with Crippen LogP contribution in [0.15, 0.2) is 0 Å². The molecule has 0 spiro atoms. The third-order valence-corrected chi connectivity index (χ3v) is 1.27. The molecule has 0 aromatic carbocycles. The number of hydrogen-bond donors (Lipinski definition) is 3. The molecule has 0 aliphatic heterocycles. The molecule has 0 atom stereocenters. The Bertz CT molecular complexity index is 155. The van der Waals surface area contributed by atoms with Crippen molar-refractivity contribution in [1.82, 2.24) is 10.6 Å². The molecule has 12 heavy (non-hydrogen) atoms. The number of amides is 2. The lowest BCUT2D eigenvalue weighted by atomic mass is 10.1. The smallest absolute Gasteiger partial charge is 0.315 e. The maximum Gasteiger partial charge on any atom is 0.315 e. The van der Waals surface area contributed by atoms with Crippen LogP contribution in [-0.4, -0.2) is 29.3 Å². The highest BCUT2D eigenvalue weighted by Gasteiger charge is 2.18. The molecule has 0 heterocycles. The van der Waals surface area contributed by atoms with E-state index in [4.69, 9.17) is 5.11 Å². The standard InChI is InChI=1S/C8H18N2O2/c1-6(2)9-7(12)10-8(3,4)5-11/h6,11H,5H2,1-4H3,(H2,9,10,12). The van der Waals surface area contributed by atoms with Gasteiger partial charge in [-0.2, -0.15) is 0 Å². The molecule has 0 saturated carbocycles. The number of nitrogens with one attached hydrogen (secondary N) is 2. The van der Waals surface area contributed by atoms with Gasteiger partial charge in [0.15, 0.2) is 0 Å². The average molecular weight is 174 g/mol. The lowest BCUT2D eigenvalue weighted by molar-refractivity contribution is 0.181. The second-order valence-electron chi connectivity index (χ2n) is 3.80. The lowest BCUT2D eigenvalue weighted by Gasteiger charge is -2.24. The fraction of sp³-hybridized carbons (Fsp3) is 0.875. The van der Waals surface area contributed by atoms with Crippen LogP contribution in [0.4, 0.5) is 4.79 Å². The van der Waals surface area contributed by atoms with E-state index in [1.54, 1.807) is 13.8 Å². The molecular formula is C8H18N2O2. The Morgan fingerprint density at radius 3 is 2.33 bits per heavy atom. The first-order valence-corrected chi connectivity index (χ1v) is 4.07. The summed E-state index contributed by atoms with van der Waals surface area (Å²) < 4.78 is 0. The monoisotopic (exact) mass is 174 g/mol. The lowest BCUT2D eigenvalue weighted by Crippen LogP contribution is -2.51. The summed E-state index contributed by atoms with van der Waals surface area (Å²) in [4.78, 5) is 11.1. The number of aliphatic hydroxyl groups excluding tert-OH is 1. The Kier molecular flexibility index (Phi) is 4.03. The molecule has 0 bridgehead atoms. The van der Waals surface area contributed by atoms with Crippen LogP contribution in [0.3, 0.4) is 0 Å². The van der Waals surface area contributed by atoms with Crippen molar-refractivity contribution in [2.75, 3.05) is 6.61 Å². The maximum atomic E-state index is 11.1. The zero-order chi connectivity index (χ0) is 9.78. The van der Waals surface area contributed by atoms with Gasteiger partial charge in [0.1, 0.15) is 0 Å². The van der Waals surface area contributed by atoms with E-state index in [0.717, 1.165) is 0 Å². The molecule has 4 heteroatoms. The van der Waals surface area contributed by atoms with Gasteiger partial charge < -0.3 is 15.7 Å². The fourth-order valence-corrected chi connectivity index (χ4v) is 0.645. The Balaban J connectivity index is 3.84. The topological polar surface area (TPSA) is 61.4 Å². The summed E-state index contributed by atoms with van der Waals surface area (Å²) in [6, 6.07) is -0.136. The van der Waals surface area contributed by atoms with Crippen molar-refractivity contribution >= 4 is 6.03 Å². The molecule has 72 valence electrons. The van der Waals surface area contributed by atoms with Crippen LogP contribution in [0.1, 0.15) is 27.7 Å². The van der Waals surface area contributed by atoms with E-state index >= 15 is 0 Å². The summed E-state index contributed by atoms with van der Waals surface area (Å²) in [6.45, 7) is 7.20. The van der Waals surface area contributed by atoms with Gasteiger partial charge in [-0.1, -0.05) is 0 Å². The molecule has 0 aliphatic rings. The van der Waals surface area contributed by atoms with Crippen LogP contribution >= 0.6 is 0 Å². The molecule has 0 unspecified atom stereocenters. The van der Waals surface area contributed by atoms with Crippen molar-refractivity contribution in [2.45, 2.75) is 39.3 Å². The number of aliphatic hydroxyl groups is 1. The number of carbonyl (C=O) groups excluding carboxylic acids is 1. The van der Waals surface area contributed by atoms with Crippen molar-refractivity contribution in [3.8, 4) is 0 Å². The summed E-state index contributed by atoms with van der Waals surface area (Å²) in [6.07, 6.45) is 0. The molecule has 3 N–H and O–H groups in total. The predicted molar refractivity (Wildman–Crippen MR) is 48.0 cm³/mol. The molecule has 0 aromatic heterocycles. The normalized spacial score (nSPS) is 11.5. The van der Waals surface area contributed by atoms with Crippen molar-refractivity contribution in [3.63, 3.8) is 0 Å². The Morgan fingerprint density at radius 1 is 1.50 bits per heavy atom. The van der Waals surface area contributed by atoms with Gasteiger partial charge in [-0.15, -0.1) is 0 Å². The van der Waals surface area contributed by atoms with Crippen LogP contribution in [0.5, 0.6) is 0 Å². The minimum atomic E-state index is -0.557. The van der Waals surface area contributed by atoms with Gasteiger partial charge in [-0.05, 0) is 27.7 Å². The third kappa shape index (κ3) is 4.96. The van der Waals surface area contributed by atoms with E-state index in [9.17, 15) is 4.79 Å². The number of rotatable bonds is 3. The van der Waals surface area contributed by atoms with E-state index in [2.05, 4.69) is 10.6 Å². The van der Waals surface area contributed by atoms with Gasteiger partial charge in [-0.3, -0.25) is 0 Å². The average Bonchev–Trinajstić information content (AvgIpc) is 1.84. The van der Waals surface area contributed by atoms with Crippen LogP contribution in [0.25, 0.3) is 0 Å². The second-order valence-corrected chi connectivity index (χ2v) is 3.80. The number of carbonyl (C=O) groups is 1. The first-order valence-electron chi connectivity index (χ1n) is 4.07. The van der Waals surface area contributed by atoms with Gasteiger partial charge in [0.2, 0.25) is 0 Å². The molecule has 0 saturated heterocycles. The molecule has 0 aromatic rings. The number of urea groups is 1. The van der Waals surface area contributed by atoms with E-state index in [1.165, 1.54) is 0 Å². The van der Waals surface area contributed by atoms with E-state index in [1.807, 2.05) is 13.8 Å². The first kappa shape index (κ1) is 11.2. The van der Waals surface area contributed by atoms with Gasteiger partial charge in [0, 0.05) is 6.04 Å². The maximum absolute atomic E-state index is 11.1. The van der Waals surface area contributed by atoms with Crippen molar-refractivity contribution < 1.29 is 9.90 Å². The highest BCUT2D eigenvalue weighted by atomic mass is 16.3. The van der Waals surface area contributed by atoms with E-state index in [-0.39, 0.29) is 18.7 Å². The zero-order valence-electron chi connectivity index (χ0n) is 8.14. The van der Waals surface area contributed by atoms with Crippen molar-refractivity contribution in [3.05, 3.63) is 0 Å². The van der Waals surface area contributed by atoms with Crippen LogP contribution in [-0.2, 0) is 0 Å². The van der Waals surface area contributed by atoms with Gasteiger partial charge >= 0.3 is 6.03 Å². The summed E-state index contributed by atoms with van der Waals surface area (Å²) in [5, 5.41) is 14.1. The quantitative estimate of drug-likeness (QED) is 0.582. The third-order valence-electron chi connectivity index (χ3n) is 1.27. The molecule has 2 amide bonds. The van der Waals surface area contributed by atoms with Crippen molar-refractivity contribution in [2.24, 2.45) is 0 Å². The second kappa shape index (κ2) is 4.30. The minimum absolute atomic E-state index is 0.0709. The highest BCUT2D eigenvalue weighted by molar-refractivity contribution is 5.74. The predicted octanol–water partition coefficient (Wildman–Crippen LogP) is 0.465. The molecule has 0 rings (SSSR count). The summed E-state index contributed by atoms with van der Waals surface area (Å²) in [5.41, 5.74) is -0.557. The summed E-state index contributed by atoms with van der Waals surface area (Å²) in [5.74, 6) is 0. The summed E-state index contributed by atoms with van der Waals surface area (Å²) in [7, 11) is 0. The van der Waals surface area contributed by atoms with E-state index in [0.29, 0.717) is 0 Å². The SMILES string of the molecule is CC(C)NC(=O)NC(C)(C)CO. The molecule has 0 fully saturated rings. The zero-order valence-corrected chi connectivity index (χ0v) is 8.14. The van der Waals surface area contributed by atoms with Gasteiger partial charge in [0.25, 0.3) is 0 Å². The van der Waals surface area contributed by atoms with Crippen LogP contribution < -0.4 is 10.6 Å². The fourth-order valence-electron chi connectivity index (χ4n) is 0.645. The minimum Gasteiger partial charge on any atom is -0.394 e. The van der Waals surface area contributed by atoms with Gasteiger partial charge in [0.05, 0.1) is 12.1 Å². The van der Waals surface area contributed by atoms with Crippen molar-refractivity contribution in [1.29, 1.82) is 0 Å². The van der Waals surface area contributed by atoms with Crippen LogP contribution in [0.2, 0.25) is 0 Å². The highest BCUT2D eigenvalue weighted by Crippen LogP contribution is 1.98. The summed E-state index contributed by atoms with van der Waals surface area (Å²) >= 11 is 0. The largest absolute Gasteiger partial charge is 0.394 e. The van der Waals surface area contributed by atoms with E-state index < -0.39 is 5.54 Å². The molecular weight excluding hydrogens is 156 g/mol. The molecule has 0 aliphatic carbocycles. The molecule has 0 radical (unpaired) electrons. The Morgan fingerprint density at radius 2 is 2.00 bits per heavy atom. The molecule has 4 nitrogen and oxygen atoms in total. The Hall–Kier alpha value is -0.770. The van der Waals surface area contributed by atoms with Crippen LogP contribution in [0, 0.1) is 0 Å². The first-order chi connectivity index (χ1) is 5.37. The number of hydrogen-bond acceptors (Lipinski definition) is 2.